The van der Waals surface area contributed by atoms with Crippen LogP contribution in [0.1, 0.15) is 0 Å². The van der Waals surface area contributed by atoms with E-state index in [0.717, 1.165) is 5.69 Å². The summed E-state index contributed by atoms with van der Waals surface area (Å²) in [6, 6.07) is 15.6. The maximum atomic E-state index is 13.0. The Hall–Kier alpha value is -1.87. The Balaban J connectivity index is 2.32. The Bertz CT molecular complexity index is 442. The third-order valence-electron chi connectivity index (χ3n) is 2.12. The summed E-state index contributed by atoms with van der Waals surface area (Å²) in [7, 11) is 0. The van der Waals surface area contributed by atoms with Gasteiger partial charge in [0.1, 0.15) is 5.82 Å². The second-order valence-electron chi connectivity index (χ2n) is 3.19. The standard InChI is InChI=1S/C12H11FN2/c13-10-5-4-8-12(9-10)15(14)11-6-2-1-3-7-11/h1-9H,14H2. The maximum absolute atomic E-state index is 13.0. The number of anilines is 2. The minimum atomic E-state index is -0.293. The highest BCUT2D eigenvalue weighted by atomic mass is 19.1. The largest absolute Gasteiger partial charge is 0.280 e. The Labute approximate surface area is 87.7 Å². The lowest BCUT2D eigenvalue weighted by molar-refractivity contribution is 0.627. The van der Waals surface area contributed by atoms with Crippen molar-refractivity contribution in [2.75, 3.05) is 5.01 Å². The molecule has 0 spiro atoms. The number of nitrogens with zero attached hydrogens (tertiary/aromatic N) is 1. The predicted molar refractivity (Wildman–Crippen MR) is 59.2 cm³/mol. The Kier molecular flexibility index (Phi) is 2.65. The van der Waals surface area contributed by atoms with Gasteiger partial charge in [-0.2, -0.15) is 0 Å². The summed E-state index contributed by atoms with van der Waals surface area (Å²) >= 11 is 0. The summed E-state index contributed by atoms with van der Waals surface area (Å²) in [4.78, 5) is 0. The molecule has 0 radical (unpaired) electrons. The van der Waals surface area contributed by atoms with Gasteiger partial charge < -0.3 is 0 Å². The molecule has 0 saturated heterocycles. The lowest BCUT2D eigenvalue weighted by Crippen LogP contribution is -2.24. The third-order valence-corrected chi connectivity index (χ3v) is 2.12. The second kappa shape index (κ2) is 4.11. The zero-order valence-corrected chi connectivity index (χ0v) is 8.10. The molecule has 2 aromatic carbocycles. The van der Waals surface area contributed by atoms with Crippen LogP contribution in [-0.4, -0.2) is 0 Å². The first-order valence-electron chi connectivity index (χ1n) is 4.63. The zero-order valence-electron chi connectivity index (χ0n) is 8.10. The first-order chi connectivity index (χ1) is 7.27. The van der Waals surface area contributed by atoms with E-state index >= 15 is 0 Å². The first-order valence-corrected chi connectivity index (χ1v) is 4.63. The Morgan fingerprint density at radius 1 is 0.867 bits per heavy atom. The fourth-order valence-electron chi connectivity index (χ4n) is 1.36. The van der Waals surface area contributed by atoms with Gasteiger partial charge in [0.2, 0.25) is 0 Å². The summed E-state index contributed by atoms with van der Waals surface area (Å²) in [6.45, 7) is 0. The predicted octanol–water partition coefficient (Wildman–Crippen LogP) is 2.84. The van der Waals surface area contributed by atoms with Crippen LogP contribution < -0.4 is 10.9 Å². The van der Waals surface area contributed by atoms with Gasteiger partial charge in [0.25, 0.3) is 0 Å². The van der Waals surface area contributed by atoms with Crippen LogP contribution in [-0.2, 0) is 0 Å². The van der Waals surface area contributed by atoms with E-state index in [1.807, 2.05) is 30.3 Å². The average Bonchev–Trinajstić information content (AvgIpc) is 2.29. The number of hydrazine groups is 1. The monoisotopic (exact) mass is 202 g/mol. The van der Waals surface area contributed by atoms with Crippen LogP contribution in [0, 0.1) is 5.82 Å². The molecule has 2 rings (SSSR count). The van der Waals surface area contributed by atoms with Gasteiger partial charge in [0.05, 0.1) is 11.4 Å². The molecule has 0 aromatic heterocycles. The normalized spacial score (nSPS) is 10.0. The number of para-hydroxylation sites is 1. The zero-order chi connectivity index (χ0) is 10.7. The second-order valence-corrected chi connectivity index (χ2v) is 3.19. The van der Waals surface area contributed by atoms with Gasteiger partial charge in [-0.1, -0.05) is 24.3 Å². The third kappa shape index (κ3) is 2.14. The van der Waals surface area contributed by atoms with Crippen molar-refractivity contribution in [3.8, 4) is 0 Å². The van der Waals surface area contributed by atoms with Crippen molar-refractivity contribution >= 4 is 11.4 Å². The van der Waals surface area contributed by atoms with Crippen LogP contribution in [0.25, 0.3) is 0 Å². The van der Waals surface area contributed by atoms with Crippen molar-refractivity contribution in [1.29, 1.82) is 0 Å². The van der Waals surface area contributed by atoms with Crippen LogP contribution in [0.3, 0.4) is 0 Å². The molecule has 0 unspecified atom stereocenters. The van der Waals surface area contributed by atoms with E-state index in [0.29, 0.717) is 5.69 Å². The highest BCUT2D eigenvalue weighted by Crippen LogP contribution is 2.21. The molecule has 0 aliphatic heterocycles. The number of hydrogen-bond donors (Lipinski definition) is 1. The summed E-state index contributed by atoms with van der Waals surface area (Å²) < 4.78 is 13.0. The molecule has 0 amide bonds. The molecule has 0 aliphatic carbocycles. The van der Waals surface area contributed by atoms with Crippen LogP contribution in [0.2, 0.25) is 0 Å². The highest BCUT2D eigenvalue weighted by Gasteiger charge is 2.03. The van der Waals surface area contributed by atoms with Crippen LogP contribution in [0.4, 0.5) is 15.8 Å². The molecule has 2 N–H and O–H groups in total. The number of benzene rings is 2. The van der Waals surface area contributed by atoms with Crippen molar-refractivity contribution in [3.63, 3.8) is 0 Å². The molecule has 0 bridgehead atoms. The summed E-state index contributed by atoms with van der Waals surface area (Å²) in [5, 5.41) is 1.45. The number of nitrogens with two attached hydrogens (primary N) is 1. The number of halogens is 1. The molecule has 76 valence electrons. The lowest BCUT2D eigenvalue weighted by atomic mass is 10.2. The quantitative estimate of drug-likeness (QED) is 0.599. The van der Waals surface area contributed by atoms with Crippen molar-refractivity contribution in [3.05, 3.63) is 60.4 Å². The highest BCUT2D eigenvalue weighted by molar-refractivity contribution is 5.61. The molecular formula is C12H11FN2. The molecule has 0 aliphatic rings. The summed E-state index contributed by atoms with van der Waals surface area (Å²) in [6.07, 6.45) is 0. The van der Waals surface area contributed by atoms with Gasteiger partial charge in [-0.25, -0.2) is 10.2 Å². The van der Waals surface area contributed by atoms with Gasteiger partial charge in [0, 0.05) is 0 Å². The van der Waals surface area contributed by atoms with Crippen LogP contribution >= 0.6 is 0 Å². The Morgan fingerprint density at radius 2 is 1.53 bits per heavy atom. The van der Waals surface area contributed by atoms with Gasteiger partial charge in [-0.05, 0) is 30.3 Å². The van der Waals surface area contributed by atoms with E-state index in [1.165, 1.54) is 17.1 Å². The van der Waals surface area contributed by atoms with E-state index in [4.69, 9.17) is 5.84 Å². The molecule has 0 saturated carbocycles. The average molecular weight is 202 g/mol. The number of hydrogen-bond acceptors (Lipinski definition) is 2. The fraction of sp³-hybridized carbons (Fsp3) is 0. The van der Waals surface area contributed by atoms with Crippen molar-refractivity contribution in [1.82, 2.24) is 0 Å². The molecule has 0 heterocycles. The molecule has 2 aromatic rings. The molecule has 15 heavy (non-hydrogen) atoms. The first kappa shape index (κ1) is 9.68. The SMILES string of the molecule is NN(c1ccccc1)c1cccc(F)c1. The molecule has 2 nitrogen and oxygen atoms in total. The van der Waals surface area contributed by atoms with Crippen molar-refractivity contribution < 1.29 is 4.39 Å². The Morgan fingerprint density at radius 3 is 2.20 bits per heavy atom. The molecule has 0 atom stereocenters. The van der Waals surface area contributed by atoms with E-state index in [9.17, 15) is 4.39 Å². The van der Waals surface area contributed by atoms with Crippen LogP contribution in [0.15, 0.2) is 54.6 Å². The molecule has 0 fully saturated rings. The summed E-state index contributed by atoms with van der Waals surface area (Å²) in [5.74, 6) is 5.56. The summed E-state index contributed by atoms with van der Waals surface area (Å²) in [5.41, 5.74) is 1.45. The minimum absolute atomic E-state index is 0.293. The smallest absolute Gasteiger partial charge is 0.125 e. The van der Waals surface area contributed by atoms with Gasteiger partial charge in [-0.3, -0.25) is 5.01 Å². The van der Waals surface area contributed by atoms with Gasteiger partial charge >= 0.3 is 0 Å². The van der Waals surface area contributed by atoms with E-state index in [1.54, 1.807) is 12.1 Å². The van der Waals surface area contributed by atoms with Crippen molar-refractivity contribution in [2.45, 2.75) is 0 Å². The van der Waals surface area contributed by atoms with Crippen molar-refractivity contribution in [2.24, 2.45) is 5.84 Å². The lowest BCUT2D eigenvalue weighted by Gasteiger charge is -2.18. The topological polar surface area (TPSA) is 29.3 Å². The molecule has 3 heteroatoms. The van der Waals surface area contributed by atoms with Gasteiger partial charge in [0.15, 0.2) is 0 Å². The fourth-order valence-corrected chi connectivity index (χ4v) is 1.36. The molecular weight excluding hydrogens is 191 g/mol. The van der Waals surface area contributed by atoms with Gasteiger partial charge in [-0.15, -0.1) is 0 Å². The van der Waals surface area contributed by atoms with E-state index in [-0.39, 0.29) is 5.82 Å². The number of rotatable bonds is 2. The maximum Gasteiger partial charge on any atom is 0.125 e. The van der Waals surface area contributed by atoms with E-state index < -0.39 is 0 Å². The van der Waals surface area contributed by atoms with E-state index in [2.05, 4.69) is 0 Å². The van der Waals surface area contributed by atoms with Crippen LogP contribution in [0.5, 0.6) is 0 Å². The minimum Gasteiger partial charge on any atom is -0.280 e.